The summed E-state index contributed by atoms with van der Waals surface area (Å²) in [4.78, 5) is 13.4. The van der Waals surface area contributed by atoms with Gasteiger partial charge in [-0.1, -0.05) is 29.8 Å². The van der Waals surface area contributed by atoms with Crippen molar-refractivity contribution in [2.75, 3.05) is 33.3 Å². The van der Waals surface area contributed by atoms with Crippen LogP contribution in [0.15, 0.2) is 0 Å². The SMILES string of the molecule is CCN(CC)CCCC(C)NCC(Br)C(=O)OC. The van der Waals surface area contributed by atoms with Crippen molar-refractivity contribution < 1.29 is 9.53 Å². The largest absolute Gasteiger partial charge is 0.468 e. The monoisotopic (exact) mass is 322 g/mol. The van der Waals surface area contributed by atoms with Crippen LogP contribution in [-0.2, 0) is 9.53 Å². The van der Waals surface area contributed by atoms with E-state index in [1.54, 1.807) is 0 Å². The predicted octanol–water partition coefficient (Wildman–Crippen LogP) is 2.02. The van der Waals surface area contributed by atoms with Crippen LogP contribution in [0.1, 0.15) is 33.6 Å². The Bertz CT molecular complexity index is 223. The molecule has 0 fully saturated rings. The van der Waals surface area contributed by atoms with E-state index >= 15 is 0 Å². The van der Waals surface area contributed by atoms with Crippen molar-refractivity contribution in [2.45, 2.75) is 44.5 Å². The standard InChI is InChI=1S/C13H27BrN2O2/c1-5-16(6-2)9-7-8-11(3)15-10-12(14)13(17)18-4/h11-12,15H,5-10H2,1-4H3. The zero-order chi connectivity index (χ0) is 14.0. The molecule has 0 saturated carbocycles. The first-order valence-corrected chi connectivity index (χ1v) is 7.64. The average Bonchev–Trinajstić information content (AvgIpc) is 2.39. The fraction of sp³-hybridized carbons (Fsp3) is 0.923. The number of carbonyl (C=O) groups excluding carboxylic acids is 1. The molecule has 0 aromatic heterocycles. The van der Waals surface area contributed by atoms with Crippen molar-refractivity contribution in [1.29, 1.82) is 0 Å². The number of halogens is 1. The van der Waals surface area contributed by atoms with Crippen LogP contribution in [0.4, 0.5) is 0 Å². The lowest BCUT2D eigenvalue weighted by Gasteiger charge is -2.20. The number of methoxy groups -OCH3 is 1. The van der Waals surface area contributed by atoms with Crippen molar-refractivity contribution in [3.05, 3.63) is 0 Å². The molecule has 0 bridgehead atoms. The molecule has 0 heterocycles. The molecule has 0 amide bonds. The molecular formula is C13H27BrN2O2. The minimum Gasteiger partial charge on any atom is -0.468 e. The third kappa shape index (κ3) is 8.06. The Kier molecular flexibility index (Phi) is 10.7. The fourth-order valence-electron chi connectivity index (χ4n) is 1.78. The van der Waals surface area contributed by atoms with Crippen LogP contribution in [0.25, 0.3) is 0 Å². The summed E-state index contributed by atoms with van der Waals surface area (Å²) in [5.41, 5.74) is 0. The molecule has 0 spiro atoms. The maximum absolute atomic E-state index is 11.2. The first-order chi connectivity index (χ1) is 8.54. The van der Waals surface area contributed by atoms with Crippen molar-refractivity contribution in [1.82, 2.24) is 10.2 Å². The van der Waals surface area contributed by atoms with Gasteiger partial charge in [0.2, 0.25) is 0 Å². The number of hydrogen-bond acceptors (Lipinski definition) is 4. The molecule has 2 unspecified atom stereocenters. The van der Waals surface area contributed by atoms with Crippen LogP contribution in [0.5, 0.6) is 0 Å². The van der Waals surface area contributed by atoms with Crippen LogP contribution in [0, 0.1) is 0 Å². The Morgan fingerprint density at radius 3 is 2.50 bits per heavy atom. The number of rotatable bonds is 10. The first-order valence-electron chi connectivity index (χ1n) is 6.72. The van der Waals surface area contributed by atoms with Crippen LogP contribution in [0.2, 0.25) is 0 Å². The van der Waals surface area contributed by atoms with E-state index in [4.69, 9.17) is 0 Å². The molecule has 0 aromatic carbocycles. The highest BCUT2D eigenvalue weighted by Gasteiger charge is 2.15. The third-order valence-electron chi connectivity index (χ3n) is 3.11. The molecule has 1 N–H and O–H groups in total. The van der Waals surface area contributed by atoms with Gasteiger partial charge in [0, 0.05) is 12.6 Å². The molecule has 18 heavy (non-hydrogen) atoms. The lowest BCUT2D eigenvalue weighted by Crippen LogP contribution is -2.36. The minimum absolute atomic E-state index is 0.224. The van der Waals surface area contributed by atoms with Crippen LogP contribution in [-0.4, -0.2) is 55.0 Å². The molecule has 0 aliphatic carbocycles. The number of carbonyl (C=O) groups is 1. The molecule has 2 atom stereocenters. The number of esters is 1. The van der Waals surface area contributed by atoms with E-state index in [9.17, 15) is 4.79 Å². The highest BCUT2D eigenvalue weighted by Crippen LogP contribution is 2.03. The lowest BCUT2D eigenvalue weighted by atomic mass is 10.1. The molecule has 5 heteroatoms. The van der Waals surface area contributed by atoms with E-state index in [1.807, 2.05) is 0 Å². The quantitative estimate of drug-likeness (QED) is 0.493. The van der Waals surface area contributed by atoms with Gasteiger partial charge in [0.15, 0.2) is 0 Å². The van der Waals surface area contributed by atoms with E-state index in [1.165, 1.54) is 13.5 Å². The van der Waals surface area contributed by atoms with E-state index in [-0.39, 0.29) is 10.8 Å². The Hall–Kier alpha value is -0.130. The van der Waals surface area contributed by atoms with Crippen LogP contribution < -0.4 is 5.32 Å². The average molecular weight is 323 g/mol. The molecule has 0 radical (unpaired) electrons. The van der Waals surface area contributed by atoms with Crippen LogP contribution in [0.3, 0.4) is 0 Å². The van der Waals surface area contributed by atoms with Gasteiger partial charge in [-0.25, -0.2) is 0 Å². The van der Waals surface area contributed by atoms with E-state index in [0.29, 0.717) is 12.6 Å². The molecule has 108 valence electrons. The van der Waals surface area contributed by atoms with Gasteiger partial charge in [-0.3, -0.25) is 4.79 Å². The van der Waals surface area contributed by atoms with Gasteiger partial charge in [-0.05, 0) is 39.4 Å². The van der Waals surface area contributed by atoms with Gasteiger partial charge in [-0.2, -0.15) is 0 Å². The zero-order valence-corrected chi connectivity index (χ0v) is 13.6. The van der Waals surface area contributed by atoms with Gasteiger partial charge in [0.05, 0.1) is 7.11 Å². The maximum atomic E-state index is 11.2. The molecule has 4 nitrogen and oxygen atoms in total. The Labute approximate surface area is 120 Å². The van der Waals surface area contributed by atoms with Gasteiger partial charge >= 0.3 is 5.97 Å². The van der Waals surface area contributed by atoms with E-state index in [2.05, 4.69) is 51.7 Å². The lowest BCUT2D eigenvalue weighted by molar-refractivity contribution is -0.139. The summed E-state index contributed by atoms with van der Waals surface area (Å²) in [6.45, 7) is 10.5. The summed E-state index contributed by atoms with van der Waals surface area (Å²) in [5.74, 6) is -0.224. The molecule has 0 rings (SSSR count). The Morgan fingerprint density at radius 2 is 2.00 bits per heavy atom. The summed E-state index contributed by atoms with van der Waals surface area (Å²) < 4.78 is 4.65. The van der Waals surface area contributed by atoms with Crippen molar-refractivity contribution in [3.63, 3.8) is 0 Å². The second kappa shape index (κ2) is 10.8. The number of nitrogens with zero attached hydrogens (tertiary/aromatic N) is 1. The predicted molar refractivity (Wildman–Crippen MR) is 79.2 cm³/mol. The summed E-state index contributed by atoms with van der Waals surface area (Å²) in [6, 6.07) is 0.422. The zero-order valence-electron chi connectivity index (χ0n) is 12.0. The third-order valence-corrected chi connectivity index (χ3v) is 3.81. The number of hydrogen-bond donors (Lipinski definition) is 1. The van der Waals surface area contributed by atoms with Crippen molar-refractivity contribution >= 4 is 21.9 Å². The Balaban J connectivity index is 3.65. The fourth-order valence-corrected chi connectivity index (χ4v) is 2.15. The second-order valence-corrected chi connectivity index (χ2v) is 5.57. The topological polar surface area (TPSA) is 41.6 Å². The molecule has 0 aromatic rings. The molecule has 0 saturated heterocycles. The summed E-state index contributed by atoms with van der Waals surface area (Å²) in [6.07, 6.45) is 2.30. The number of nitrogens with one attached hydrogen (secondary N) is 1. The molecular weight excluding hydrogens is 296 g/mol. The number of ether oxygens (including phenoxy) is 1. The van der Waals surface area contributed by atoms with Gasteiger partial charge in [-0.15, -0.1) is 0 Å². The minimum atomic E-state index is -0.257. The summed E-state index contributed by atoms with van der Waals surface area (Å²) in [5, 5.41) is 3.34. The maximum Gasteiger partial charge on any atom is 0.320 e. The summed E-state index contributed by atoms with van der Waals surface area (Å²) >= 11 is 3.30. The molecule has 0 aliphatic rings. The van der Waals surface area contributed by atoms with Gasteiger partial charge < -0.3 is 15.0 Å². The smallest absolute Gasteiger partial charge is 0.320 e. The van der Waals surface area contributed by atoms with E-state index < -0.39 is 0 Å². The summed E-state index contributed by atoms with van der Waals surface area (Å²) in [7, 11) is 1.41. The van der Waals surface area contributed by atoms with Crippen molar-refractivity contribution in [2.24, 2.45) is 0 Å². The normalized spacial score (nSPS) is 14.6. The Morgan fingerprint density at radius 1 is 1.39 bits per heavy atom. The number of alkyl halides is 1. The first kappa shape index (κ1) is 17.9. The highest BCUT2D eigenvalue weighted by molar-refractivity contribution is 9.10. The van der Waals surface area contributed by atoms with E-state index in [0.717, 1.165) is 26.1 Å². The van der Waals surface area contributed by atoms with Crippen molar-refractivity contribution in [3.8, 4) is 0 Å². The second-order valence-electron chi connectivity index (χ2n) is 4.47. The van der Waals surface area contributed by atoms with Gasteiger partial charge in [0.25, 0.3) is 0 Å². The molecule has 0 aliphatic heterocycles. The van der Waals surface area contributed by atoms with Crippen LogP contribution >= 0.6 is 15.9 Å². The highest BCUT2D eigenvalue weighted by atomic mass is 79.9. The van der Waals surface area contributed by atoms with Gasteiger partial charge in [0.1, 0.15) is 4.83 Å².